The van der Waals surface area contributed by atoms with Crippen LogP contribution in [0.1, 0.15) is 17.0 Å². The van der Waals surface area contributed by atoms with Gasteiger partial charge in [-0.25, -0.2) is 4.68 Å². The molecule has 8 nitrogen and oxygen atoms in total. The average Bonchev–Trinajstić information content (AvgIpc) is 3.67. The van der Waals surface area contributed by atoms with Crippen molar-refractivity contribution >= 4 is 34.5 Å². The number of benzene rings is 3. The fourth-order valence-electron chi connectivity index (χ4n) is 4.13. The van der Waals surface area contributed by atoms with Gasteiger partial charge in [-0.1, -0.05) is 47.7 Å². The van der Waals surface area contributed by atoms with Crippen molar-refractivity contribution in [2.24, 2.45) is 0 Å². The minimum absolute atomic E-state index is 0.222. The number of hydrogen-bond donors (Lipinski definition) is 0. The van der Waals surface area contributed by atoms with Crippen LogP contribution in [0.3, 0.4) is 0 Å². The first-order chi connectivity index (χ1) is 19.1. The van der Waals surface area contributed by atoms with Crippen molar-refractivity contribution < 1.29 is 9.47 Å². The lowest BCUT2D eigenvalue weighted by Crippen LogP contribution is -2.23. The average molecular weight is 534 g/mol. The van der Waals surface area contributed by atoms with Crippen LogP contribution < -0.4 is 19.6 Å². The lowest BCUT2D eigenvalue weighted by molar-refractivity contribution is 0.414. The molecule has 0 N–H and O–H groups in total. The third-order valence-electron chi connectivity index (χ3n) is 6.15. The molecule has 3 aromatic carbocycles. The van der Waals surface area contributed by atoms with Crippen LogP contribution in [-0.2, 0) is 0 Å². The van der Waals surface area contributed by atoms with Crippen molar-refractivity contribution in [3.8, 4) is 28.4 Å². The molecular weight excluding hydrogens is 510 g/mol. The van der Waals surface area contributed by atoms with Gasteiger partial charge in [0.05, 0.1) is 24.4 Å². The first-order valence-corrected chi connectivity index (χ1v) is 13.0. The second-order valence-electron chi connectivity index (χ2n) is 8.63. The summed E-state index contributed by atoms with van der Waals surface area (Å²) >= 11 is 1.30. The molecule has 0 aliphatic carbocycles. The van der Waals surface area contributed by atoms with Crippen LogP contribution >= 0.6 is 11.3 Å². The van der Waals surface area contributed by atoms with Gasteiger partial charge in [0.15, 0.2) is 5.82 Å². The van der Waals surface area contributed by atoms with Crippen molar-refractivity contribution in [1.82, 2.24) is 24.4 Å². The molecule has 0 atom stereocenters. The molecule has 0 saturated heterocycles. The highest BCUT2D eigenvalue weighted by molar-refractivity contribution is 7.15. The zero-order valence-corrected chi connectivity index (χ0v) is 22.0. The number of hydrogen-bond acceptors (Lipinski definition) is 7. The lowest BCUT2D eigenvalue weighted by atomic mass is 10.1. The zero-order valence-electron chi connectivity index (χ0n) is 21.2. The van der Waals surface area contributed by atoms with Crippen LogP contribution in [0.4, 0.5) is 0 Å². The fraction of sp³-hybridized carbons (Fsp3) is 0.0667. The van der Waals surface area contributed by atoms with E-state index in [1.807, 2.05) is 102 Å². The standard InChI is InChI=1S/C30H23N5O3S/c1-37-24-13-8-20(9-14-24)10-17-27-31-30-35(32-27)29(36)26(39-30)18-22-19-34(23-6-4-3-5-7-23)33-28(22)21-11-15-25(38-2)16-12-21/h3-19H,1-2H3/b17-10+,26-18-. The number of fused-ring (bicyclic) bond motifs is 1. The lowest BCUT2D eigenvalue weighted by Gasteiger charge is -2.02. The Kier molecular flexibility index (Phi) is 6.48. The molecule has 0 saturated carbocycles. The summed E-state index contributed by atoms with van der Waals surface area (Å²) < 4.78 is 14.2. The number of nitrogens with zero attached hydrogens (tertiary/aromatic N) is 5. The third kappa shape index (κ3) is 4.95. The quantitative estimate of drug-likeness (QED) is 0.295. The molecule has 0 unspecified atom stereocenters. The minimum Gasteiger partial charge on any atom is -0.497 e. The van der Waals surface area contributed by atoms with Crippen molar-refractivity contribution in [3.05, 3.63) is 117 Å². The highest BCUT2D eigenvalue weighted by atomic mass is 32.1. The van der Waals surface area contributed by atoms with E-state index in [9.17, 15) is 4.79 Å². The maximum absolute atomic E-state index is 13.3. The van der Waals surface area contributed by atoms with Gasteiger partial charge in [0.25, 0.3) is 5.56 Å². The van der Waals surface area contributed by atoms with E-state index in [0.717, 1.165) is 39.6 Å². The van der Waals surface area contributed by atoms with Crippen LogP contribution in [-0.4, -0.2) is 38.6 Å². The molecule has 0 amide bonds. The largest absolute Gasteiger partial charge is 0.497 e. The number of thiazole rings is 1. The van der Waals surface area contributed by atoms with E-state index in [2.05, 4.69) is 10.1 Å². The number of methoxy groups -OCH3 is 2. The Labute approximate surface area is 227 Å². The molecule has 0 radical (unpaired) electrons. The number of ether oxygens (including phenoxy) is 2. The molecular formula is C30H23N5O3S. The second kappa shape index (κ2) is 10.4. The van der Waals surface area contributed by atoms with E-state index in [-0.39, 0.29) is 5.56 Å². The van der Waals surface area contributed by atoms with Crippen molar-refractivity contribution in [3.63, 3.8) is 0 Å². The topological polar surface area (TPSA) is 83.5 Å². The van der Waals surface area contributed by atoms with E-state index in [0.29, 0.717) is 15.3 Å². The summed E-state index contributed by atoms with van der Waals surface area (Å²) in [5.41, 5.74) is 4.15. The van der Waals surface area contributed by atoms with Gasteiger partial charge < -0.3 is 9.47 Å². The smallest absolute Gasteiger partial charge is 0.291 e. The molecule has 9 heteroatoms. The maximum Gasteiger partial charge on any atom is 0.291 e. The van der Waals surface area contributed by atoms with Crippen molar-refractivity contribution in [2.75, 3.05) is 14.2 Å². The van der Waals surface area contributed by atoms with Gasteiger partial charge in [-0.15, -0.1) is 5.10 Å². The van der Waals surface area contributed by atoms with Crippen LogP contribution in [0.5, 0.6) is 11.5 Å². The Balaban J connectivity index is 1.38. The van der Waals surface area contributed by atoms with Crippen molar-refractivity contribution in [1.29, 1.82) is 0 Å². The number of aromatic nitrogens is 5. The normalized spacial score (nSPS) is 12.0. The molecule has 0 aliphatic rings. The van der Waals surface area contributed by atoms with E-state index in [1.165, 1.54) is 15.9 Å². The molecule has 3 heterocycles. The van der Waals surface area contributed by atoms with Crippen LogP contribution in [0, 0.1) is 0 Å². The van der Waals surface area contributed by atoms with Crippen LogP contribution in [0.15, 0.2) is 89.9 Å². The van der Waals surface area contributed by atoms with Crippen molar-refractivity contribution in [2.45, 2.75) is 0 Å². The molecule has 192 valence electrons. The summed E-state index contributed by atoms with van der Waals surface area (Å²) in [6.07, 6.45) is 7.46. The maximum atomic E-state index is 13.3. The minimum atomic E-state index is -0.222. The molecule has 0 spiro atoms. The Bertz CT molecular complexity index is 1890. The predicted octanol–water partition coefficient (Wildman–Crippen LogP) is 4.74. The van der Waals surface area contributed by atoms with Gasteiger partial charge in [-0.2, -0.15) is 14.6 Å². The Morgan fingerprint density at radius 2 is 1.51 bits per heavy atom. The summed E-state index contributed by atoms with van der Waals surface area (Å²) in [7, 11) is 3.27. The Hall–Kier alpha value is -5.02. The molecule has 6 rings (SSSR count). The summed E-state index contributed by atoms with van der Waals surface area (Å²) in [6, 6.07) is 25.2. The van der Waals surface area contributed by atoms with E-state index < -0.39 is 0 Å². The highest BCUT2D eigenvalue weighted by Gasteiger charge is 2.14. The molecule has 0 aliphatic heterocycles. The Morgan fingerprint density at radius 1 is 0.821 bits per heavy atom. The van der Waals surface area contributed by atoms with Gasteiger partial charge in [-0.3, -0.25) is 4.79 Å². The van der Waals surface area contributed by atoms with Gasteiger partial charge in [0.2, 0.25) is 4.96 Å². The number of rotatable bonds is 7. The van der Waals surface area contributed by atoms with Crippen LogP contribution in [0.25, 0.3) is 40.1 Å². The first-order valence-electron chi connectivity index (χ1n) is 12.1. The van der Waals surface area contributed by atoms with E-state index in [4.69, 9.17) is 14.6 Å². The molecule has 39 heavy (non-hydrogen) atoms. The molecule has 6 aromatic rings. The fourth-order valence-corrected chi connectivity index (χ4v) is 5.03. The first kappa shape index (κ1) is 24.3. The summed E-state index contributed by atoms with van der Waals surface area (Å²) in [5, 5.41) is 9.26. The van der Waals surface area contributed by atoms with Gasteiger partial charge in [0, 0.05) is 17.3 Å². The molecule has 3 aromatic heterocycles. The zero-order chi connectivity index (χ0) is 26.8. The predicted molar refractivity (Wildman–Crippen MR) is 153 cm³/mol. The van der Waals surface area contributed by atoms with Crippen LogP contribution in [0.2, 0.25) is 0 Å². The third-order valence-corrected chi connectivity index (χ3v) is 7.11. The molecule has 0 fully saturated rings. The Morgan fingerprint density at radius 3 is 2.18 bits per heavy atom. The SMILES string of the molecule is COc1ccc(/C=C/c2nc3s/c(=C\c4cn(-c5ccccc5)nc4-c4ccc(OC)cc4)c(=O)n3n2)cc1. The van der Waals surface area contributed by atoms with Gasteiger partial charge in [-0.05, 0) is 66.2 Å². The molecule has 0 bridgehead atoms. The van der Waals surface area contributed by atoms with Gasteiger partial charge >= 0.3 is 0 Å². The van der Waals surface area contributed by atoms with Gasteiger partial charge in [0.1, 0.15) is 17.2 Å². The summed E-state index contributed by atoms with van der Waals surface area (Å²) in [4.78, 5) is 18.3. The van der Waals surface area contributed by atoms with E-state index in [1.54, 1.807) is 20.3 Å². The summed E-state index contributed by atoms with van der Waals surface area (Å²) in [5.74, 6) is 2.02. The second-order valence-corrected chi connectivity index (χ2v) is 9.64. The summed E-state index contributed by atoms with van der Waals surface area (Å²) in [6.45, 7) is 0. The number of para-hydroxylation sites is 1. The highest BCUT2D eigenvalue weighted by Crippen LogP contribution is 2.26. The monoisotopic (exact) mass is 533 g/mol. The van der Waals surface area contributed by atoms with E-state index >= 15 is 0 Å².